The molecule has 0 aliphatic heterocycles. The fourth-order valence-electron chi connectivity index (χ4n) is 2.36. The fourth-order valence-corrected chi connectivity index (χ4v) is 2.36. The molecule has 1 aromatic carbocycles. The summed E-state index contributed by atoms with van der Waals surface area (Å²) in [7, 11) is 0. The van der Waals surface area contributed by atoms with E-state index in [0.717, 1.165) is 23.3 Å². The zero-order valence-corrected chi connectivity index (χ0v) is 13.8. The van der Waals surface area contributed by atoms with Crippen LogP contribution in [0.25, 0.3) is 11.0 Å². The van der Waals surface area contributed by atoms with Gasteiger partial charge in [0.2, 0.25) is 0 Å². The number of ether oxygens (including phenoxy) is 1. The summed E-state index contributed by atoms with van der Waals surface area (Å²) in [5.74, 6) is 0.562. The number of carbonyl (C=O) groups excluding carboxylic acids is 1. The van der Waals surface area contributed by atoms with Gasteiger partial charge >= 0.3 is 0 Å². The topological polar surface area (TPSA) is 64.1 Å². The SMILES string of the molecule is C=CCCOc1cccc(CNC(=O)c2ccc3ncccc3n2)c1. The Balaban J connectivity index is 1.63. The number of nitrogens with one attached hydrogen (secondary N) is 1. The molecule has 2 heterocycles. The normalized spacial score (nSPS) is 10.4. The van der Waals surface area contributed by atoms with Gasteiger partial charge in [-0.05, 0) is 48.4 Å². The molecule has 126 valence electrons. The fraction of sp³-hybridized carbons (Fsp3) is 0.150. The molecule has 2 aromatic heterocycles. The Morgan fingerprint density at radius 2 is 2.08 bits per heavy atom. The highest BCUT2D eigenvalue weighted by atomic mass is 16.5. The van der Waals surface area contributed by atoms with Crippen molar-refractivity contribution in [1.82, 2.24) is 15.3 Å². The monoisotopic (exact) mass is 333 g/mol. The molecule has 3 aromatic rings. The summed E-state index contributed by atoms with van der Waals surface area (Å²) in [6.07, 6.45) is 4.31. The standard InChI is InChI=1S/C20H19N3O2/c1-2-3-12-25-16-7-4-6-15(13-16)14-22-20(24)19-10-9-17-18(23-19)8-5-11-21-17/h2,4-11,13H,1,3,12,14H2,(H,22,24). The van der Waals surface area contributed by atoms with Gasteiger partial charge in [-0.2, -0.15) is 0 Å². The Morgan fingerprint density at radius 1 is 1.16 bits per heavy atom. The van der Waals surface area contributed by atoms with Crippen molar-refractivity contribution in [3.63, 3.8) is 0 Å². The lowest BCUT2D eigenvalue weighted by Crippen LogP contribution is -2.23. The summed E-state index contributed by atoms with van der Waals surface area (Å²) in [6.45, 7) is 4.67. The van der Waals surface area contributed by atoms with Gasteiger partial charge in [-0.25, -0.2) is 4.98 Å². The van der Waals surface area contributed by atoms with Crippen LogP contribution in [0.5, 0.6) is 5.75 Å². The van der Waals surface area contributed by atoms with Crippen molar-refractivity contribution in [2.24, 2.45) is 0 Å². The highest BCUT2D eigenvalue weighted by Gasteiger charge is 2.08. The van der Waals surface area contributed by atoms with E-state index in [-0.39, 0.29) is 5.91 Å². The van der Waals surface area contributed by atoms with E-state index in [2.05, 4.69) is 21.9 Å². The summed E-state index contributed by atoms with van der Waals surface area (Å²) >= 11 is 0. The maximum absolute atomic E-state index is 12.3. The zero-order valence-electron chi connectivity index (χ0n) is 13.8. The Morgan fingerprint density at radius 3 is 2.96 bits per heavy atom. The van der Waals surface area contributed by atoms with Crippen LogP contribution in [0.15, 0.2) is 67.4 Å². The molecular weight excluding hydrogens is 314 g/mol. The molecule has 5 nitrogen and oxygen atoms in total. The van der Waals surface area contributed by atoms with Crippen LogP contribution in [0.1, 0.15) is 22.5 Å². The van der Waals surface area contributed by atoms with Gasteiger partial charge in [-0.15, -0.1) is 6.58 Å². The lowest BCUT2D eigenvalue weighted by molar-refractivity contribution is 0.0946. The number of aromatic nitrogens is 2. The molecule has 1 N–H and O–H groups in total. The third-order valence-corrected chi connectivity index (χ3v) is 3.63. The average molecular weight is 333 g/mol. The van der Waals surface area contributed by atoms with Crippen molar-refractivity contribution in [2.45, 2.75) is 13.0 Å². The molecule has 0 atom stereocenters. The number of amides is 1. The largest absolute Gasteiger partial charge is 0.493 e. The third-order valence-electron chi connectivity index (χ3n) is 3.63. The lowest BCUT2D eigenvalue weighted by atomic mass is 10.2. The molecule has 0 unspecified atom stereocenters. The molecule has 1 amide bonds. The quantitative estimate of drug-likeness (QED) is 0.531. The first-order chi connectivity index (χ1) is 12.3. The third kappa shape index (κ3) is 4.41. The summed E-state index contributed by atoms with van der Waals surface area (Å²) in [5, 5.41) is 2.88. The van der Waals surface area contributed by atoms with Gasteiger partial charge in [-0.1, -0.05) is 18.2 Å². The van der Waals surface area contributed by atoms with Gasteiger partial charge in [0.15, 0.2) is 0 Å². The van der Waals surface area contributed by atoms with Gasteiger partial charge < -0.3 is 10.1 Å². The zero-order chi connectivity index (χ0) is 17.5. The average Bonchev–Trinajstić information content (AvgIpc) is 2.66. The highest BCUT2D eigenvalue weighted by Crippen LogP contribution is 2.14. The summed E-state index contributed by atoms with van der Waals surface area (Å²) < 4.78 is 5.62. The van der Waals surface area contributed by atoms with Crippen LogP contribution < -0.4 is 10.1 Å². The minimum atomic E-state index is -0.219. The smallest absolute Gasteiger partial charge is 0.270 e. The van der Waals surface area contributed by atoms with Crippen LogP contribution in [-0.2, 0) is 6.54 Å². The second-order valence-electron chi connectivity index (χ2n) is 5.49. The van der Waals surface area contributed by atoms with Crippen LogP contribution in [0.3, 0.4) is 0 Å². The molecule has 3 rings (SSSR count). The summed E-state index contributed by atoms with van der Waals surface area (Å²) in [6, 6.07) is 14.8. The molecule has 5 heteroatoms. The molecule has 0 spiro atoms. The predicted molar refractivity (Wildman–Crippen MR) is 97.5 cm³/mol. The molecule has 0 bridgehead atoms. The van der Waals surface area contributed by atoms with E-state index in [9.17, 15) is 4.79 Å². The minimum Gasteiger partial charge on any atom is -0.493 e. The molecule has 0 aliphatic rings. The Bertz CT molecular complexity index is 893. The second kappa shape index (κ2) is 8.06. The Labute approximate surface area is 146 Å². The number of hydrogen-bond acceptors (Lipinski definition) is 4. The lowest BCUT2D eigenvalue weighted by Gasteiger charge is -2.08. The first-order valence-corrected chi connectivity index (χ1v) is 8.09. The number of benzene rings is 1. The van der Waals surface area contributed by atoms with Crippen LogP contribution >= 0.6 is 0 Å². The van der Waals surface area contributed by atoms with E-state index in [1.165, 1.54) is 0 Å². The van der Waals surface area contributed by atoms with E-state index in [1.807, 2.05) is 36.4 Å². The molecule has 0 saturated carbocycles. The molecular formula is C20H19N3O2. The van der Waals surface area contributed by atoms with Crippen molar-refractivity contribution >= 4 is 16.9 Å². The van der Waals surface area contributed by atoms with E-state index in [1.54, 1.807) is 24.4 Å². The molecule has 0 saturated heterocycles. The van der Waals surface area contributed by atoms with Crippen molar-refractivity contribution < 1.29 is 9.53 Å². The Hall–Kier alpha value is -3.21. The molecule has 0 radical (unpaired) electrons. The van der Waals surface area contributed by atoms with Crippen molar-refractivity contribution in [2.75, 3.05) is 6.61 Å². The van der Waals surface area contributed by atoms with Crippen LogP contribution in [0.4, 0.5) is 0 Å². The number of fused-ring (bicyclic) bond motifs is 1. The molecule has 0 fully saturated rings. The van der Waals surface area contributed by atoms with Crippen molar-refractivity contribution in [3.8, 4) is 5.75 Å². The number of rotatable bonds is 7. The van der Waals surface area contributed by atoms with E-state index in [4.69, 9.17) is 4.74 Å². The maximum Gasteiger partial charge on any atom is 0.270 e. The van der Waals surface area contributed by atoms with E-state index >= 15 is 0 Å². The van der Waals surface area contributed by atoms with Crippen molar-refractivity contribution in [1.29, 1.82) is 0 Å². The predicted octanol–water partition coefficient (Wildman–Crippen LogP) is 3.51. The first kappa shape index (κ1) is 16.6. The van der Waals surface area contributed by atoms with Crippen LogP contribution in [0, 0.1) is 0 Å². The molecule has 0 aliphatic carbocycles. The van der Waals surface area contributed by atoms with Crippen LogP contribution in [0.2, 0.25) is 0 Å². The number of pyridine rings is 2. The molecule has 25 heavy (non-hydrogen) atoms. The van der Waals surface area contributed by atoms with Gasteiger partial charge in [0.05, 0.1) is 17.6 Å². The maximum atomic E-state index is 12.3. The highest BCUT2D eigenvalue weighted by molar-refractivity contribution is 5.94. The minimum absolute atomic E-state index is 0.219. The number of hydrogen-bond donors (Lipinski definition) is 1. The summed E-state index contributed by atoms with van der Waals surface area (Å²) in [5.41, 5.74) is 2.81. The van der Waals surface area contributed by atoms with Gasteiger partial charge in [0.25, 0.3) is 5.91 Å². The van der Waals surface area contributed by atoms with Gasteiger partial charge in [0.1, 0.15) is 11.4 Å². The summed E-state index contributed by atoms with van der Waals surface area (Å²) in [4.78, 5) is 20.9. The Kier molecular flexibility index (Phi) is 5.36. The van der Waals surface area contributed by atoms with Gasteiger partial charge in [0, 0.05) is 12.7 Å². The van der Waals surface area contributed by atoms with Gasteiger partial charge in [-0.3, -0.25) is 9.78 Å². The van der Waals surface area contributed by atoms with Crippen LogP contribution in [-0.4, -0.2) is 22.5 Å². The second-order valence-corrected chi connectivity index (χ2v) is 5.49. The van der Waals surface area contributed by atoms with Crippen molar-refractivity contribution in [3.05, 3.63) is 78.6 Å². The van der Waals surface area contributed by atoms with E-state index < -0.39 is 0 Å². The van der Waals surface area contributed by atoms with E-state index in [0.29, 0.717) is 24.4 Å². The number of nitrogens with zero attached hydrogens (tertiary/aromatic N) is 2. The first-order valence-electron chi connectivity index (χ1n) is 8.09. The number of carbonyl (C=O) groups is 1.